The third kappa shape index (κ3) is 1.68. The quantitative estimate of drug-likeness (QED) is 0.673. The van der Waals surface area contributed by atoms with Gasteiger partial charge in [0, 0.05) is 0 Å². The minimum absolute atomic E-state index is 0.133. The molecule has 4 aliphatic carbocycles. The van der Waals surface area contributed by atoms with Crippen molar-refractivity contribution in [3.8, 4) is 0 Å². The molecule has 7 unspecified atom stereocenters. The molecule has 6 rings (SSSR count). The Labute approximate surface area is 138 Å². The van der Waals surface area contributed by atoms with Crippen LogP contribution in [0.5, 0.6) is 0 Å². The highest BCUT2D eigenvalue weighted by Crippen LogP contribution is 2.65. The Balaban J connectivity index is 1.54. The number of carboxylic acid groups (broad SMARTS) is 1. The smallest absolute Gasteiger partial charge is 0.305 e. The van der Waals surface area contributed by atoms with Crippen molar-refractivity contribution in [3.63, 3.8) is 0 Å². The summed E-state index contributed by atoms with van der Waals surface area (Å²) < 4.78 is 5.33. The molecule has 7 atom stereocenters. The second-order valence-electron chi connectivity index (χ2n) is 7.33. The van der Waals surface area contributed by atoms with Gasteiger partial charge in [0.05, 0.1) is 24.5 Å². The van der Waals surface area contributed by atoms with E-state index in [0.29, 0.717) is 17.6 Å². The predicted molar refractivity (Wildman–Crippen MR) is 80.3 cm³/mol. The van der Waals surface area contributed by atoms with Crippen LogP contribution in [0.2, 0.25) is 0 Å². The van der Waals surface area contributed by atoms with Crippen LogP contribution in [0.1, 0.15) is 24.6 Å². The number of imide groups is 1. The summed E-state index contributed by atoms with van der Waals surface area (Å²) in [5.41, 5.74) is 0. The number of amides is 2. The van der Waals surface area contributed by atoms with Crippen LogP contribution < -0.4 is 0 Å². The zero-order valence-corrected chi connectivity index (χ0v) is 12.9. The maximum atomic E-state index is 13.1. The van der Waals surface area contributed by atoms with Gasteiger partial charge in [-0.2, -0.15) is 0 Å². The number of rotatable bonds is 4. The summed E-state index contributed by atoms with van der Waals surface area (Å²) in [6.45, 7) is 0. The second kappa shape index (κ2) is 4.59. The molecule has 5 aliphatic rings. The molecule has 1 aromatic heterocycles. The summed E-state index contributed by atoms with van der Waals surface area (Å²) in [5.74, 6) is -0.472. The number of likely N-dealkylation sites (tertiary alicyclic amines) is 1. The Morgan fingerprint density at radius 2 is 1.83 bits per heavy atom. The molecule has 6 nitrogen and oxygen atoms in total. The number of furan rings is 1. The fourth-order valence-corrected chi connectivity index (χ4v) is 5.25. The van der Waals surface area contributed by atoms with Crippen molar-refractivity contribution in [2.45, 2.75) is 18.9 Å². The van der Waals surface area contributed by atoms with Crippen LogP contribution in [0.3, 0.4) is 0 Å². The van der Waals surface area contributed by atoms with Gasteiger partial charge in [-0.15, -0.1) is 0 Å². The predicted octanol–water partition coefficient (Wildman–Crippen LogP) is 1.85. The van der Waals surface area contributed by atoms with Gasteiger partial charge < -0.3 is 9.52 Å². The maximum absolute atomic E-state index is 13.1. The van der Waals surface area contributed by atoms with Crippen molar-refractivity contribution >= 4 is 17.8 Å². The Bertz CT molecular complexity index is 730. The number of nitrogens with zero attached hydrogens (tertiary/aromatic N) is 1. The highest BCUT2D eigenvalue weighted by atomic mass is 16.4. The molecule has 1 saturated heterocycles. The zero-order valence-electron chi connectivity index (χ0n) is 12.9. The van der Waals surface area contributed by atoms with E-state index in [-0.39, 0.29) is 41.9 Å². The first-order valence-electron chi connectivity index (χ1n) is 8.38. The molecule has 2 amide bonds. The van der Waals surface area contributed by atoms with Gasteiger partial charge >= 0.3 is 5.97 Å². The number of carboxylic acids is 1. The summed E-state index contributed by atoms with van der Waals surface area (Å²) in [6.07, 6.45) is 6.41. The van der Waals surface area contributed by atoms with Gasteiger partial charge in [-0.25, -0.2) is 0 Å². The molecular weight excluding hydrogens is 310 g/mol. The van der Waals surface area contributed by atoms with Crippen LogP contribution in [0, 0.1) is 35.5 Å². The summed E-state index contributed by atoms with van der Waals surface area (Å²) in [7, 11) is 0. The molecule has 2 bridgehead atoms. The van der Waals surface area contributed by atoms with E-state index in [1.54, 1.807) is 12.1 Å². The molecule has 0 aromatic carbocycles. The lowest BCUT2D eigenvalue weighted by atomic mass is 9.63. The molecule has 124 valence electrons. The molecule has 2 heterocycles. The average molecular weight is 327 g/mol. The minimum atomic E-state index is -1.06. The molecule has 1 N–H and O–H groups in total. The lowest BCUT2D eigenvalue weighted by molar-refractivity contribution is -0.146. The van der Waals surface area contributed by atoms with Crippen molar-refractivity contribution in [3.05, 3.63) is 36.3 Å². The average Bonchev–Trinajstić information content (AvgIpc) is 3.13. The van der Waals surface area contributed by atoms with Gasteiger partial charge in [-0.3, -0.25) is 19.3 Å². The van der Waals surface area contributed by atoms with Crippen LogP contribution >= 0.6 is 0 Å². The molecule has 0 radical (unpaired) electrons. The molecule has 2 saturated carbocycles. The third-order valence-corrected chi connectivity index (χ3v) is 6.25. The second-order valence-corrected chi connectivity index (χ2v) is 7.33. The highest BCUT2D eigenvalue weighted by molar-refractivity contribution is 6.06. The Morgan fingerprint density at radius 3 is 2.33 bits per heavy atom. The highest BCUT2D eigenvalue weighted by Gasteiger charge is 2.67. The van der Waals surface area contributed by atoms with Crippen LogP contribution in [-0.2, 0) is 14.4 Å². The van der Waals surface area contributed by atoms with E-state index in [1.807, 2.05) is 0 Å². The molecular formula is C18H17NO5. The lowest BCUT2D eigenvalue weighted by Crippen LogP contribution is -2.40. The van der Waals surface area contributed by atoms with Crippen LogP contribution in [-0.4, -0.2) is 27.8 Å². The maximum Gasteiger partial charge on any atom is 0.305 e. The number of carbonyl (C=O) groups excluding carboxylic acids is 2. The van der Waals surface area contributed by atoms with Gasteiger partial charge in [0.15, 0.2) is 0 Å². The van der Waals surface area contributed by atoms with Crippen molar-refractivity contribution in [1.29, 1.82) is 0 Å². The van der Waals surface area contributed by atoms with Gasteiger partial charge in [0.1, 0.15) is 11.8 Å². The van der Waals surface area contributed by atoms with E-state index in [1.165, 1.54) is 11.2 Å². The molecule has 1 aromatic rings. The molecule has 24 heavy (non-hydrogen) atoms. The first-order valence-corrected chi connectivity index (χ1v) is 8.38. The standard InChI is InChI=1S/C18H17NO5/c20-14(21)7-12(13-2-1-5-24-13)19-17(22)15-8-3-4-9(11-6-10(8)11)16(15)18(19)23/h1-5,8-12,15-16H,6-7H2,(H,20,21). The van der Waals surface area contributed by atoms with E-state index in [0.717, 1.165) is 6.42 Å². The van der Waals surface area contributed by atoms with Gasteiger partial charge in [0.2, 0.25) is 11.8 Å². The Kier molecular flexibility index (Phi) is 2.68. The van der Waals surface area contributed by atoms with Crippen molar-refractivity contribution in [2.24, 2.45) is 35.5 Å². The summed E-state index contributed by atoms with van der Waals surface area (Å²) >= 11 is 0. The number of carbonyl (C=O) groups is 3. The van der Waals surface area contributed by atoms with Gasteiger partial charge in [0.25, 0.3) is 0 Å². The number of allylic oxidation sites excluding steroid dienone is 2. The minimum Gasteiger partial charge on any atom is -0.481 e. The fraction of sp³-hybridized carbons (Fsp3) is 0.500. The molecule has 1 aliphatic heterocycles. The lowest BCUT2D eigenvalue weighted by Gasteiger charge is -2.37. The van der Waals surface area contributed by atoms with Crippen LogP contribution in [0.4, 0.5) is 0 Å². The molecule has 6 heteroatoms. The summed E-state index contributed by atoms with van der Waals surface area (Å²) in [4.78, 5) is 38.6. The third-order valence-electron chi connectivity index (χ3n) is 6.25. The number of aliphatic carboxylic acids is 1. The van der Waals surface area contributed by atoms with Gasteiger partial charge in [-0.05, 0) is 42.2 Å². The Morgan fingerprint density at radius 1 is 1.21 bits per heavy atom. The topological polar surface area (TPSA) is 87.8 Å². The summed E-state index contributed by atoms with van der Waals surface area (Å²) in [6, 6.07) is 2.40. The zero-order chi connectivity index (χ0) is 16.6. The number of hydrogen-bond donors (Lipinski definition) is 1. The van der Waals surface area contributed by atoms with Gasteiger partial charge in [-0.1, -0.05) is 12.2 Å². The van der Waals surface area contributed by atoms with E-state index < -0.39 is 12.0 Å². The van der Waals surface area contributed by atoms with E-state index in [9.17, 15) is 19.5 Å². The van der Waals surface area contributed by atoms with Crippen molar-refractivity contribution in [1.82, 2.24) is 4.90 Å². The molecule has 0 spiro atoms. The largest absolute Gasteiger partial charge is 0.481 e. The van der Waals surface area contributed by atoms with E-state index in [4.69, 9.17) is 4.42 Å². The van der Waals surface area contributed by atoms with Crippen LogP contribution in [0.25, 0.3) is 0 Å². The molecule has 3 fully saturated rings. The first kappa shape index (κ1) is 14.0. The van der Waals surface area contributed by atoms with E-state index >= 15 is 0 Å². The monoisotopic (exact) mass is 327 g/mol. The van der Waals surface area contributed by atoms with Crippen molar-refractivity contribution in [2.75, 3.05) is 0 Å². The number of hydrogen-bond acceptors (Lipinski definition) is 4. The normalized spacial score (nSPS) is 39.8. The first-order chi connectivity index (χ1) is 11.6. The SMILES string of the molecule is O=C(O)CC(c1ccco1)N1C(=O)C2C3C=CC(C4CC34)C2C1=O. The van der Waals surface area contributed by atoms with E-state index in [2.05, 4.69) is 12.2 Å². The summed E-state index contributed by atoms with van der Waals surface area (Å²) in [5, 5.41) is 9.24. The van der Waals surface area contributed by atoms with Crippen molar-refractivity contribution < 1.29 is 23.9 Å². The fourth-order valence-electron chi connectivity index (χ4n) is 5.25. The Hall–Kier alpha value is -2.37. The van der Waals surface area contributed by atoms with Crippen LogP contribution in [0.15, 0.2) is 35.0 Å².